The molecule has 0 aliphatic carbocycles. The molecule has 1 N–H and O–H groups in total. The fourth-order valence-corrected chi connectivity index (χ4v) is 2.67. The van der Waals surface area contributed by atoms with E-state index in [0.29, 0.717) is 6.42 Å². The Balaban J connectivity index is 2.14. The van der Waals surface area contributed by atoms with Crippen LogP contribution in [0.1, 0.15) is 31.2 Å². The van der Waals surface area contributed by atoms with Gasteiger partial charge in [0.15, 0.2) is 5.60 Å². The summed E-state index contributed by atoms with van der Waals surface area (Å²) in [5, 5.41) is 9.65. The van der Waals surface area contributed by atoms with Crippen LogP contribution in [0.4, 0.5) is 13.2 Å². The van der Waals surface area contributed by atoms with E-state index in [1.807, 2.05) is 13.0 Å². The lowest BCUT2D eigenvalue weighted by Gasteiger charge is -2.27. The van der Waals surface area contributed by atoms with E-state index in [1.54, 1.807) is 24.3 Å². The smallest absolute Gasteiger partial charge is 0.379 e. The number of nitrogens with zero attached hydrogens (tertiary/aromatic N) is 1. The van der Waals surface area contributed by atoms with E-state index in [0.717, 1.165) is 10.5 Å². The van der Waals surface area contributed by atoms with Crippen LogP contribution < -0.4 is 0 Å². The van der Waals surface area contributed by atoms with Crippen molar-refractivity contribution in [2.75, 3.05) is 13.1 Å². The summed E-state index contributed by atoms with van der Waals surface area (Å²) in [6, 6.07) is 8.98. The van der Waals surface area contributed by atoms with Crippen LogP contribution in [0.5, 0.6) is 0 Å². The van der Waals surface area contributed by atoms with Crippen LogP contribution in [0.25, 0.3) is 0 Å². The van der Waals surface area contributed by atoms with Crippen molar-refractivity contribution in [3.05, 3.63) is 35.9 Å². The number of carbonyl (C=O) groups is 1. The van der Waals surface area contributed by atoms with Gasteiger partial charge in [0.1, 0.15) is 0 Å². The number of likely N-dealkylation sites (tertiary alicyclic amines) is 1. The lowest BCUT2D eigenvalue weighted by atomic mass is 9.95. The number of halogens is 3. The van der Waals surface area contributed by atoms with Crippen LogP contribution in [0.15, 0.2) is 30.3 Å². The van der Waals surface area contributed by atoms with Crippen molar-refractivity contribution in [1.29, 1.82) is 0 Å². The Labute approximate surface area is 121 Å². The number of hydrogen-bond acceptors (Lipinski definition) is 2. The highest BCUT2D eigenvalue weighted by Gasteiger charge is 2.58. The number of alkyl halides is 3. The first-order valence-electron chi connectivity index (χ1n) is 6.91. The van der Waals surface area contributed by atoms with Gasteiger partial charge in [0, 0.05) is 13.0 Å². The van der Waals surface area contributed by atoms with Gasteiger partial charge in [-0.25, -0.2) is 0 Å². The normalized spacial score (nSPS) is 24.1. The van der Waals surface area contributed by atoms with Gasteiger partial charge in [-0.15, -0.1) is 0 Å². The van der Waals surface area contributed by atoms with Gasteiger partial charge in [-0.05, 0) is 12.0 Å². The molecule has 1 heterocycles. The predicted molar refractivity (Wildman–Crippen MR) is 71.7 cm³/mol. The summed E-state index contributed by atoms with van der Waals surface area (Å²) in [4.78, 5) is 13.6. The fraction of sp³-hybridized carbons (Fsp3) is 0.533. The lowest BCUT2D eigenvalue weighted by molar-refractivity contribution is -0.253. The number of β-amino-alcohol motifs (C(OH)–C–C–N with tert-alkyl or cyclic N) is 1. The monoisotopic (exact) mass is 301 g/mol. The molecule has 21 heavy (non-hydrogen) atoms. The summed E-state index contributed by atoms with van der Waals surface area (Å²) in [7, 11) is 0. The van der Waals surface area contributed by atoms with Gasteiger partial charge in [-0.1, -0.05) is 37.3 Å². The van der Waals surface area contributed by atoms with E-state index in [-0.39, 0.29) is 12.5 Å². The van der Waals surface area contributed by atoms with E-state index in [4.69, 9.17) is 0 Å². The summed E-state index contributed by atoms with van der Waals surface area (Å²) in [6.45, 7) is 1.07. The zero-order chi connectivity index (χ0) is 15.7. The molecule has 1 saturated heterocycles. The standard InChI is InChI=1S/C15H18F3NO2/c1-2-12(11-6-4-3-5-7-11)13(20)19-9-8-14(21,10-19)15(16,17)18/h3-7,12,21H,2,8-10H2,1H3/t12-,14-/m0/s1. The molecule has 0 bridgehead atoms. The number of aliphatic hydroxyl groups is 1. The van der Waals surface area contributed by atoms with Gasteiger partial charge < -0.3 is 10.0 Å². The van der Waals surface area contributed by atoms with Gasteiger partial charge in [0.25, 0.3) is 0 Å². The van der Waals surface area contributed by atoms with Crippen molar-refractivity contribution in [2.24, 2.45) is 0 Å². The number of benzene rings is 1. The molecule has 6 heteroatoms. The minimum absolute atomic E-state index is 0.0713. The molecular weight excluding hydrogens is 283 g/mol. The molecule has 2 rings (SSSR count). The molecule has 0 radical (unpaired) electrons. The largest absolute Gasteiger partial charge is 0.419 e. The number of amides is 1. The summed E-state index contributed by atoms with van der Waals surface area (Å²) in [5.41, 5.74) is -2.00. The van der Waals surface area contributed by atoms with E-state index in [1.165, 1.54) is 0 Å². The first-order chi connectivity index (χ1) is 9.78. The van der Waals surface area contributed by atoms with Gasteiger partial charge in [-0.2, -0.15) is 13.2 Å². The second-order valence-corrected chi connectivity index (χ2v) is 5.41. The van der Waals surface area contributed by atoms with E-state index < -0.39 is 30.7 Å². The predicted octanol–water partition coefficient (Wildman–Crippen LogP) is 2.71. The van der Waals surface area contributed by atoms with E-state index >= 15 is 0 Å². The maximum atomic E-state index is 12.8. The molecule has 0 unspecified atom stereocenters. The molecule has 0 saturated carbocycles. The lowest BCUT2D eigenvalue weighted by Crippen LogP contribution is -2.48. The Morgan fingerprint density at radius 2 is 2.00 bits per heavy atom. The molecule has 0 aromatic heterocycles. The Bertz CT molecular complexity index is 503. The Morgan fingerprint density at radius 1 is 1.38 bits per heavy atom. The topological polar surface area (TPSA) is 40.5 Å². The molecule has 116 valence electrons. The molecule has 0 spiro atoms. The number of hydrogen-bond donors (Lipinski definition) is 1. The molecule has 1 aliphatic heterocycles. The first kappa shape index (κ1) is 15.8. The summed E-state index contributed by atoms with van der Waals surface area (Å²) < 4.78 is 38.4. The third-order valence-corrected chi connectivity index (χ3v) is 4.00. The second-order valence-electron chi connectivity index (χ2n) is 5.41. The Kier molecular flexibility index (Phi) is 4.27. The highest BCUT2D eigenvalue weighted by molar-refractivity contribution is 5.84. The van der Waals surface area contributed by atoms with Crippen LogP contribution in [-0.4, -0.2) is 40.8 Å². The van der Waals surface area contributed by atoms with Crippen molar-refractivity contribution in [3.63, 3.8) is 0 Å². The minimum atomic E-state index is -4.71. The van der Waals surface area contributed by atoms with Gasteiger partial charge >= 0.3 is 6.18 Å². The average Bonchev–Trinajstić information content (AvgIpc) is 2.84. The first-order valence-corrected chi connectivity index (χ1v) is 6.91. The Morgan fingerprint density at radius 3 is 2.48 bits per heavy atom. The van der Waals surface area contributed by atoms with Crippen LogP contribution >= 0.6 is 0 Å². The molecular formula is C15H18F3NO2. The van der Waals surface area contributed by atoms with Crippen LogP contribution in [0, 0.1) is 0 Å². The zero-order valence-corrected chi connectivity index (χ0v) is 11.7. The highest BCUT2D eigenvalue weighted by atomic mass is 19.4. The van der Waals surface area contributed by atoms with Crippen LogP contribution in [-0.2, 0) is 4.79 Å². The maximum Gasteiger partial charge on any atom is 0.419 e. The van der Waals surface area contributed by atoms with Gasteiger partial charge in [0.05, 0.1) is 12.5 Å². The van der Waals surface area contributed by atoms with E-state index in [9.17, 15) is 23.1 Å². The zero-order valence-electron chi connectivity index (χ0n) is 11.7. The molecule has 2 atom stereocenters. The van der Waals surface area contributed by atoms with E-state index in [2.05, 4.69) is 0 Å². The van der Waals surface area contributed by atoms with Crippen LogP contribution in [0.3, 0.4) is 0 Å². The van der Waals surface area contributed by atoms with Crippen molar-refractivity contribution in [1.82, 2.24) is 4.90 Å². The molecule has 1 fully saturated rings. The van der Waals surface area contributed by atoms with Gasteiger partial charge in [-0.3, -0.25) is 4.79 Å². The van der Waals surface area contributed by atoms with Crippen molar-refractivity contribution < 1.29 is 23.1 Å². The quantitative estimate of drug-likeness (QED) is 0.932. The molecule has 1 aromatic rings. The van der Waals surface area contributed by atoms with Crippen molar-refractivity contribution in [2.45, 2.75) is 37.5 Å². The summed E-state index contributed by atoms with van der Waals surface area (Å²) >= 11 is 0. The highest BCUT2D eigenvalue weighted by Crippen LogP contribution is 2.38. The molecule has 1 aliphatic rings. The Hall–Kier alpha value is -1.56. The summed E-state index contributed by atoms with van der Waals surface area (Å²) in [6.07, 6.45) is -4.67. The minimum Gasteiger partial charge on any atom is -0.379 e. The SMILES string of the molecule is CC[C@H](C(=O)N1CC[C@@](O)(C(F)(F)F)C1)c1ccccc1. The van der Waals surface area contributed by atoms with Crippen LogP contribution in [0.2, 0.25) is 0 Å². The summed E-state index contributed by atoms with van der Waals surface area (Å²) in [5.74, 6) is -0.828. The average molecular weight is 301 g/mol. The molecule has 1 amide bonds. The molecule has 3 nitrogen and oxygen atoms in total. The maximum absolute atomic E-state index is 12.8. The molecule has 1 aromatic carbocycles. The number of rotatable bonds is 3. The number of carbonyl (C=O) groups excluding carboxylic acids is 1. The third-order valence-electron chi connectivity index (χ3n) is 4.00. The fourth-order valence-electron chi connectivity index (χ4n) is 2.67. The van der Waals surface area contributed by atoms with Gasteiger partial charge in [0.2, 0.25) is 5.91 Å². The third kappa shape index (κ3) is 3.05. The van der Waals surface area contributed by atoms with Crippen molar-refractivity contribution >= 4 is 5.91 Å². The second kappa shape index (κ2) is 5.67. The van der Waals surface area contributed by atoms with Crippen molar-refractivity contribution in [3.8, 4) is 0 Å².